The molecule has 1 aromatic carbocycles. The van der Waals surface area contributed by atoms with E-state index in [1.807, 2.05) is 0 Å². The third-order valence-electron chi connectivity index (χ3n) is 5.89. The van der Waals surface area contributed by atoms with E-state index in [1.165, 1.54) is 10.7 Å². The molecule has 1 aliphatic rings. The zero-order valence-electron chi connectivity index (χ0n) is 18.4. The van der Waals surface area contributed by atoms with Gasteiger partial charge in [0.15, 0.2) is 0 Å². The van der Waals surface area contributed by atoms with Crippen molar-refractivity contribution in [1.82, 2.24) is 25.1 Å². The zero-order valence-corrected chi connectivity index (χ0v) is 18.4. The van der Waals surface area contributed by atoms with Gasteiger partial charge in [0.1, 0.15) is 0 Å². The van der Waals surface area contributed by atoms with Gasteiger partial charge in [-0.05, 0) is 51.0 Å². The van der Waals surface area contributed by atoms with Gasteiger partial charge < -0.3 is 10.2 Å². The van der Waals surface area contributed by atoms with Crippen molar-refractivity contribution in [3.63, 3.8) is 0 Å². The third kappa shape index (κ3) is 5.15. The van der Waals surface area contributed by atoms with Crippen molar-refractivity contribution < 1.29 is 18.0 Å². The molecule has 0 aliphatic carbocycles. The standard InChI is InChI=1S/C23H25F3N6O/c1-15-20(16(2)32(30-15)19-6-3-5-17(13-19)23(24,25)26)14-21(33)29-18-7-11-31(12-8-18)22-27-9-4-10-28-22/h3-6,9-10,13,18H,7-8,11-12,14H2,1-2H3,(H,29,33). The summed E-state index contributed by atoms with van der Waals surface area (Å²) in [5.41, 5.74) is 1.57. The van der Waals surface area contributed by atoms with E-state index in [9.17, 15) is 18.0 Å². The Labute approximate surface area is 189 Å². The maximum Gasteiger partial charge on any atom is 0.416 e. The Morgan fingerprint density at radius 1 is 1.12 bits per heavy atom. The number of hydrogen-bond acceptors (Lipinski definition) is 5. The number of carbonyl (C=O) groups is 1. The molecular formula is C23H25F3N6O. The first kappa shape index (κ1) is 22.8. The minimum absolute atomic E-state index is 0.0524. The molecule has 0 saturated carbocycles. The van der Waals surface area contributed by atoms with Crippen LogP contribution in [0.5, 0.6) is 0 Å². The average molecular weight is 458 g/mol. The van der Waals surface area contributed by atoms with Gasteiger partial charge in [-0.25, -0.2) is 14.6 Å². The highest BCUT2D eigenvalue weighted by Crippen LogP contribution is 2.31. The summed E-state index contributed by atoms with van der Waals surface area (Å²) < 4.78 is 40.7. The van der Waals surface area contributed by atoms with Gasteiger partial charge in [-0.15, -0.1) is 0 Å². The van der Waals surface area contributed by atoms with Crippen LogP contribution in [0.1, 0.15) is 35.4 Å². The molecular weight excluding hydrogens is 433 g/mol. The number of aryl methyl sites for hydroxylation is 1. The molecule has 7 nitrogen and oxygen atoms in total. The number of halogens is 3. The molecule has 3 aromatic rings. The summed E-state index contributed by atoms with van der Waals surface area (Å²) in [6.07, 6.45) is 0.674. The summed E-state index contributed by atoms with van der Waals surface area (Å²) >= 11 is 0. The van der Waals surface area contributed by atoms with Gasteiger partial charge in [0, 0.05) is 42.8 Å². The number of hydrogen-bond donors (Lipinski definition) is 1. The van der Waals surface area contributed by atoms with Crippen LogP contribution in [0.15, 0.2) is 42.7 Å². The lowest BCUT2D eigenvalue weighted by atomic mass is 10.0. The molecule has 0 spiro atoms. The van der Waals surface area contributed by atoms with Crippen LogP contribution in [0.2, 0.25) is 0 Å². The fraction of sp³-hybridized carbons (Fsp3) is 0.391. The van der Waals surface area contributed by atoms with Crippen LogP contribution in [0.25, 0.3) is 5.69 Å². The van der Waals surface area contributed by atoms with Crippen molar-refractivity contribution in [3.8, 4) is 5.69 Å². The van der Waals surface area contributed by atoms with Crippen LogP contribution in [0, 0.1) is 13.8 Å². The van der Waals surface area contributed by atoms with Crippen molar-refractivity contribution in [2.45, 2.75) is 45.3 Å². The number of alkyl halides is 3. The van der Waals surface area contributed by atoms with E-state index >= 15 is 0 Å². The number of anilines is 1. The maximum absolute atomic E-state index is 13.1. The molecule has 33 heavy (non-hydrogen) atoms. The van der Waals surface area contributed by atoms with E-state index in [0.717, 1.165) is 43.6 Å². The van der Waals surface area contributed by atoms with Gasteiger partial charge in [-0.1, -0.05) is 6.07 Å². The SMILES string of the molecule is Cc1nn(-c2cccc(C(F)(F)F)c2)c(C)c1CC(=O)NC1CCN(c2ncccn2)CC1. The summed E-state index contributed by atoms with van der Waals surface area (Å²) in [6, 6.07) is 6.84. The van der Waals surface area contributed by atoms with Gasteiger partial charge in [0.25, 0.3) is 0 Å². The van der Waals surface area contributed by atoms with Gasteiger partial charge in [-0.3, -0.25) is 4.79 Å². The first-order chi connectivity index (χ1) is 15.7. The van der Waals surface area contributed by atoms with Crippen molar-refractivity contribution in [2.75, 3.05) is 18.0 Å². The molecule has 0 unspecified atom stereocenters. The first-order valence-corrected chi connectivity index (χ1v) is 10.8. The number of amides is 1. The van der Waals surface area contributed by atoms with Crippen molar-refractivity contribution in [1.29, 1.82) is 0 Å². The molecule has 4 rings (SSSR count). The highest BCUT2D eigenvalue weighted by atomic mass is 19.4. The second-order valence-electron chi connectivity index (χ2n) is 8.16. The van der Waals surface area contributed by atoms with E-state index in [1.54, 1.807) is 38.4 Å². The van der Waals surface area contributed by atoms with Crippen molar-refractivity contribution in [2.24, 2.45) is 0 Å². The average Bonchev–Trinajstić information content (AvgIpc) is 3.08. The lowest BCUT2D eigenvalue weighted by Gasteiger charge is -2.32. The number of aromatic nitrogens is 4. The minimum Gasteiger partial charge on any atom is -0.353 e. The third-order valence-corrected chi connectivity index (χ3v) is 5.89. The normalized spacial score (nSPS) is 15.0. The Morgan fingerprint density at radius 2 is 1.82 bits per heavy atom. The fourth-order valence-electron chi connectivity index (χ4n) is 4.11. The van der Waals surface area contributed by atoms with Crippen LogP contribution in [0.3, 0.4) is 0 Å². The van der Waals surface area contributed by atoms with E-state index in [0.29, 0.717) is 23.0 Å². The van der Waals surface area contributed by atoms with Crippen LogP contribution in [0.4, 0.5) is 19.1 Å². The van der Waals surface area contributed by atoms with Gasteiger partial charge in [-0.2, -0.15) is 18.3 Å². The Balaban J connectivity index is 1.40. The minimum atomic E-state index is -4.43. The predicted octanol–water partition coefficient (Wildman–Crippen LogP) is 3.63. The molecule has 0 radical (unpaired) electrons. The molecule has 2 aromatic heterocycles. The summed E-state index contributed by atoms with van der Waals surface area (Å²) in [6.45, 7) is 5.03. The number of nitrogens with one attached hydrogen (secondary N) is 1. The Hall–Kier alpha value is -3.43. The first-order valence-electron chi connectivity index (χ1n) is 10.8. The number of rotatable bonds is 5. The maximum atomic E-state index is 13.1. The Bertz CT molecular complexity index is 1120. The van der Waals surface area contributed by atoms with Crippen LogP contribution in [-0.4, -0.2) is 44.8 Å². The van der Waals surface area contributed by atoms with Crippen LogP contribution >= 0.6 is 0 Å². The highest BCUT2D eigenvalue weighted by Gasteiger charge is 2.31. The molecule has 1 amide bonds. The number of piperidine rings is 1. The molecule has 3 heterocycles. The number of carbonyl (C=O) groups excluding carboxylic acids is 1. The Morgan fingerprint density at radius 3 is 2.48 bits per heavy atom. The van der Waals surface area contributed by atoms with Crippen LogP contribution < -0.4 is 10.2 Å². The molecule has 0 bridgehead atoms. The smallest absolute Gasteiger partial charge is 0.353 e. The summed E-state index contributed by atoms with van der Waals surface area (Å²) in [7, 11) is 0. The molecule has 0 atom stereocenters. The summed E-state index contributed by atoms with van der Waals surface area (Å²) in [5, 5.41) is 7.48. The molecule has 174 valence electrons. The topological polar surface area (TPSA) is 75.9 Å². The highest BCUT2D eigenvalue weighted by molar-refractivity contribution is 5.79. The quantitative estimate of drug-likeness (QED) is 0.632. The van der Waals surface area contributed by atoms with Crippen molar-refractivity contribution >= 4 is 11.9 Å². The van der Waals surface area contributed by atoms with Crippen LogP contribution in [-0.2, 0) is 17.4 Å². The van der Waals surface area contributed by atoms with E-state index in [2.05, 4.69) is 25.3 Å². The van der Waals surface area contributed by atoms with Crippen molar-refractivity contribution in [3.05, 3.63) is 65.2 Å². The zero-order chi connectivity index (χ0) is 23.6. The summed E-state index contributed by atoms with van der Waals surface area (Å²) in [4.78, 5) is 23.4. The number of nitrogens with zero attached hydrogens (tertiary/aromatic N) is 5. The molecule has 10 heteroatoms. The van der Waals surface area contributed by atoms with E-state index in [-0.39, 0.29) is 18.4 Å². The Kier molecular flexibility index (Phi) is 6.35. The second-order valence-corrected chi connectivity index (χ2v) is 8.16. The second kappa shape index (κ2) is 9.21. The fourth-order valence-corrected chi connectivity index (χ4v) is 4.11. The number of benzene rings is 1. The molecule has 1 fully saturated rings. The monoisotopic (exact) mass is 458 g/mol. The van der Waals surface area contributed by atoms with E-state index in [4.69, 9.17) is 0 Å². The largest absolute Gasteiger partial charge is 0.416 e. The lowest BCUT2D eigenvalue weighted by Crippen LogP contribution is -2.45. The lowest BCUT2D eigenvalue weighted by molar-refractivity contribution is -0.137. The van der Waals surface area contributed by atoms with Gasteiger partial charge in [0.2, 0.25) is 11.9 Å². The van der Waals surface area contributed by atoms with Gasteiger partial charge >= 0.3 is 6.18 Å². The predicted molar refractivity (Wildman–Crippen MR) is 117 cm³/mol. The molecule has 1 aliphatic heterocycles. The van der Waals surface area contributed by atoms with E-state index < -0.39 is 11.7 Å². The molecule has 1 N–H and O–H groups in total. The summed E-state index contributed by atoms with van der Waals surface area (Å²) in [5.74, 6) is 0.565. The molecule has 1 saturated heterocycles. The van der Waals surface area contributed by atoms with Gasteiger partial charge in [0.05, 0.1) is 23.4 Å².